The van der Waals surface area contributed by atoms with Crippen LogP contribution in [-0.2, 0) is 4.79 Å². The van der Waals surface area contributed by atoms with Crippen LogP contribution < -0.4 is 0 Å². The average Bonchev–Trinajstić information content (AvgIpc) is 1.83. The van der Waals surface area contributed by atoms with Crippen molar-refractivity contribution in [1.29, 1.82) is 0 Å². The van der Waals surface area contributed by atoms with Crippen molar-refractivity contribution in [2.24, 2.45) is 5.92 Å². The molecule has 0 aromatic heterocycles. The lowest BCUT2D eigenvalue weighted by Gasteiger charge is -2.25. The highest BCUT2D eigenvalue weighted by atomic mass is 19.4. The number of hydrogen-bond donors (Lipinski definition) is 0. The van der Waals surface area contributed by atoms with Crippen LogP contribution in [0.3, 0.4) is 0 Å². The van der Waals surface area contributed by atoms with E-state index in [-0.39, 0.29) is 0 Å². The van der Waals surface area contributed by atoms with Gasteiger partial charge >= 0.3 is 6.18 Å². The normalized spacial score (nSPS) is 18.1. The second kappa shape index (κ2) is 2.79. The van der Waals surface area contributed by atoms with Crippen molar-refractivity contribution in [1.82, 2.24) is 0 Å². The van der Waals surface area contributed by atoms with Crippen molar-refractivity contribution in [3.63, 3.8) is 0 Å². The standard InChI is InChI=1S/C6H8F4O/c1-4(2)5(7,3-11)6(8,9)10/h3-4H,1-2H3. The Hall–Kier alpha value is -0.610. The highest BCUT2D eigenvalue weighted by molar-refractivity contribution is 5.64. The monoisotopic (exact) mass is 172 g/mol. The first-order valence-corrected chi connectivity index (χ1v) is 2.97. The molecule has 1 nitrogen and oxygen atoms in total. The van der Waals surface area contributed by atoms with Crippen molar-refractivity contribution in [2.45, 2.75) is 25.7 Å². The molecule has 11 heavy (non-hydrogen) atoms. The number of alkyl halides is 4. The summed E-state index contributed by atoms with van der Waals surface area (Å²) in [5.41, 5.74) is -3.70. The molecule has 1 unspecified atom stereocenters. The minimum Gasteiger partial charge on any atom is -0.299 e. The van der Waals surface area contributed by atoms with E-state index >= 15 is 0 Å². The molecule has 0 spiro atoms. The van der Waals surface area contributed by atoms with E-state index in [1.807, 2.05) is 0 Å². The first kappa shape index (κ1) is 10.4. The molecule has 0 fully saturated rings. The van der Waals surface area contributed by atoms with Gasteiger partial charge in [0, 0.05) is 5.92 Å². The number of carbonyl (C=O) groups excluding carboxylic acids is 1. The Morgan fingerprint density at radius 2 is 1.55 bits per heavy atom. The molecule has 0 aliphatic heterocycles. The van der Waals surface area contributed by atoms with Gasteiger partial charge in [-0.25, -0.2) is 4.39 Å². The van der Waals surface area contributed by atoms with E-state index in [0.29, 0.717) is 0 Å². The van der Waals surface area contributed by atoms with E-state index in [0.717, 1.165) is 13.8 Å². The van der Waals surface area contributed by atoms with Gasteiger partial charge in [0.25, 0.3) is 5.67 Å². The third-order valence-corrected chi connectivity index (χ3v) is 1.45. The second-order valence-corrected chi connectivity index (χ2v) is 2.54. The van der Waals surface area contributed by atoms with Crippen LogP contribution in [0.5, 0.6) is 0 Å². The van der Waals surface area contributed by atoms with Crippen LogP contribution in [0.25, 0.3) is 0 Å². The maximum atomic E-state index is 12.7. The van der Waals surface area contributed by atoms with Crippen LogP contribution in [0, 0.1) is 5.92 Å². The Labute approximate surface area is 61.4 Å². The Balaban J connectivity index is 4.75. The molecule has 5 heteroatoms. The van der Waals surface area contributed by atoms with E-state index in [4.69, 9.17) is 0 Å². The van der Waals surface area contributed by atoms with E-state index in [1.165, 1.54) is 0 Å². The molecule has 0 rings (SSSR count). The van der Waals surface area contributed by atoms with Crippen molar-refractivity contribution in [3.8, 4) is 0 Å². The van der Waals surface area contributed by atoms with E-state index in [1.54, 1.807) is 0 Å². The molecule has 0 aliphatic rings. The minimum atomic E-state index is -5.11. The SMILES string of the molecule is CC(C)C(F)(C=O)C(F)(F)F. The van der Waals surface area contributed by atoms with E-state index in [2.05, 4.69) is 0 Å². The molecule has 0 saturated heterocycles. The third kappa shape index (κ3) is 1.70. The number of hydrogen-bond acceptors (Lipinski definition) is 1. The number of halogens is 4. The topological polar surface area (TPSA) is 17.1 Å². The van der Waals surface area contributed by atoms with Crippen LogP contribution in [-0.4, -0.2) is 18.1 Å². The average molecular weight is 172 g/mol. The predicted octanol–water partition coefficient (Wildman–Crippen LogP) is 2.11. The highest BCUT2D eigenvalue weighted by Gasteiger charge is 2.58. The van der Waals surface area contributed by atoms with Gasteiger partial charge < -0.3 is 0 Å². The Kier molecular flexibility index (Phi) is 2.64. The number of carbonyl (C=O) groups is 1. The summed E-state index contributed by atoms with van der Waals surface area (Å²) in [5.74, 6) is -1.39. The van der Waals surface area contributed by atoms with Crippen LogP contribution in [0.15, 0.2) is 0 Å². The van der Waals surface area contributed by atoms with Gasteiger partial charge in [-0.3, -0.25) is 4.79 Å². The maximum Gasteiger partial charge on any atom is 0.429 e. The lowest BCUT2D eigenvalue weighted by Crippen LogP contribution is -2.46. The van der Waals surface area contributed by atoms with Gasteiger partial charge in [0.1, 0.15) is 0 Å². The lowest BCUT2D eigenvalue weighted by molar-refractivity contribution is -0.231. The first-order valence-electron chi connectivity index (χ1n) is 2.97. The lowest BCUT2D eigenvalue weighted by atomic mass is 9.93. The summed E-state index contributed by atoms with van der Waals surface area (Å²) < 4.78 is 47.9. The summed E-state index contributed by atoms with van der Waals surface area (Å²) in [5, 5.41) is 0. The molecule has 0 radical (unpaired) electrons. The molecule has 0 aliphatic carbocycles. The highest BCUT2D eigenvalue weighted by Crippen LogP contribution is 2.37. The fraction of sp³-hybridized carbons (Fsp3) is 0.833. The summed E-state index contributed by atoms with van der Waals surface area (Å²) in [4.78, 5) is 9.82. The molecule has 0 aromatic rings. The Bertz CT molecular complexity index is 151. The molecule has 0 N–H and O–H groups in total. The Morgan fingerprint density at radius 3 is 1.55 bits per heavy atom. The van der Waals surface area contributed by atoms with Crippen LogP contribution >= 0.6 is 0 Å². The van der Waals surface area contributed by atoms with Gasteiger partial charge in [-0.15, -0.1) is 0 Å². The first-order chi connectivity index (χ1) is 4.75. The Morgan fingerprint density at radius 1 is 1.18 bits per heavy atom. The van der Waals surface area contributed by atoms with E-state index < -0.39 is 24.0 Å². The smallest absolute Gasteiger partial charge is 0.299 e. The largest absolute Gasteiger partial charge is 0.429 e. The molecular formula is C6H8F4O. The van der Waals surface area contributed by atoms with Crippen molar-refractivity contribution >= 4 is 6.29 Å². The summed E-state index contributed by atoms with van der Waals surface area (Å²) in [6.45, 7) is 2.00. The van der Waals surface area contributed by atoms with Crippen LogP contribution in [0.4, 0.5) is 17.6 Å². The number of aldehydes is 1. The molecule has 0 saturated carbocycles. The summed E-state index contributed by atoms with van der Waals surface area (Å²) >= 11 is 0. The molecule has 66 valence electrons. The zero-order chi connectivity index (χ0) is 9.28. The third-order valence-electron chi connectivity index (χ3n) is 1.45. The molecule has 1 atom stereocenters. The molecule has 0 bridgehead atoms. The van der Waals surface area contributed by atoms with Gasteiger partial charge in [0.05, 0.1) is 0 Å². The van der Waals surface area contributed by atoms with Crippen molar-refractivity contribution < 1.29 is 22.4 Å². The summed E-state index contributed by atoms with van der Waals surface area (Å²) in [6.07, 6.45) is -5.80. The molecular weight excluding hydrogens is 164 g/mol. The van der Waals surface area contributed by atoms with E-state index in [9.17, 15) is 22.4 Å². The molecule has 0 heterocycles. The van der Waals surface area contributed by atoms with Gasteiger partial charge in [-0.1, -0.05) is 13.8 Å². The van der Waals surface area contributed by atoms with Gasteiger partial charge in [-0.2, -0.15) is 13.2 Å². The fourth-order valence-corrected chi connectivity index (χ4v) is 0.530. The minimum absolute atomic E-state index is 0.697. The van der Waals surface area contributed by atoms with Gasteiger partial charge in [0.2, 0.25) is 0 Å². The summed E-state index contributed by atoms with van der Waals surface area (Å²) in [6, 6.07) is 0. The van der Waals surface area contributed by atoms with Crippen molar-refractivity contribution in [3.05, 3.63) is 0 Å². The van der Waals surface area contributed by atoms with Gasteiger partial charge in [-0.05, 0) is 0 Å². The zero-order valence-corrected chi connectivity index (χ0v) is 6.07. The van der Waals surface area contributed by atoms with Crippen molar-refractivity contribution in [2.75, 3.05) is 0 Å². The second-order valence-electron chi connectivity index (χ2n) is 2.54. The van der Waals surface area contributed by atoms with Crippen LogP contribution in [0.2, 0.25) is 0 Å². The molecule has 0 aromatic carbocycles. The van der Waals surface area contributed by atoms with Crippen LogP contribution in [0.1, 0.15) is 13.8 Å². The fourth-order valence-electron chi connectivity index (χ4n) is 0.530. The maximum absolute atomic E-state index is 12.7. The zero-order valence-electron chi connectivity index (χ0n) is 6.07. The number of rotatable bonds is 2. The quantitative estimate of drug-likeness (QED) is 0.460. The predicted molar refractivity (Wildman–Crippen MR) is 30.8 cm³/mol. The molecule has 0 amide bonds. The van der Waals surface area contributed by atoms with Gasteiger partial charge in [0.15, 0.2) is 6.29 Å². The summed E-state index contributed by atoms with van der Waals surface area (Å²) in [7, 11) is 0.